The van der Waals surface area contributed by atoms with Crippen LogP contribution in [0.15, 0.2) is 0 Å². The summed E-state index contributed by atoms with van der Waals surface area (Å²) in [5, 5.41) is 0. The van der Waals surface area contributed by atoms with Gasteiger partial charge in [-0.1, -0.05) is 0 Å². The Morgan fingerprint density at radius 3 is 2.75 bits per heavy atom. The summed E-state index contributed by atoms with van der Waals surface area (Å²) >= 11 is 0. The van der Waals surface area contributed by atoms with Gasteiger partial charge in [0, 0.05) is 19.8 Å². The van der Waals surface area contributed by atoms with Crippen LogP contribution in [-0.4, -0.2) is 31.5 Å². The molecule has 3 nitrogen and oxygen atoms in total. The molecule has 1 aliphatic heterocycles. The van der Waals surface area contributed by atoms with Gasteiger partial charge in [0.05, 0.1) is 11.7 Å². The summed E-state index contributed by atoms with van der Waals surface area (Å²) in [6, 6.07) is 0.215. The van der Waals surface area contributed by atoms with Crippen LogP contribution in [0.5, 0.6) is 0 Å². The highest BCUT2D eigenvalue weighted by Crippen LogP contribution is 2.38. The number of hydrogen-bond donors (Lipinski definition) is 1. The summed E-state index contributed by atoms with van der Waals surface area (Å²) in [4.78, 5) is 0. The van der Waals surface area contributed by atoms with Crippen molar-refractivity contribution in [3.8, 4) is 0 Å². The van der Waals surface area contributed by atoms with Gasteiger partial charge in [-0.25, -0.2) is 0 Å². The van der Waals surface area contributed by atoms with Crippen LogP contribution in [0, 0.1) is 0 Å². The fourth-order valence-electron chi connectivity index (χ4n) is 2.95. The summed E-state index contributed by atoms with van der Waals surface area (Å²) in [5.74, 6) is 0. The first-order valence-electron chi connectivity index (χ1n) is 6.69. The molecule has 1 heterocycles. The van der Waals surface area contributed by atoms with Crippen LogP contribution in [0.25, 0.3) is 0 Å². The molecule has 0 aromatic heterocycles. The quantitative estimate of drug-likeness (QED) is 0.757. The van der Waals surface area contributed by atoms with Crippen LogP contribution in [0.4, 0.5) is 0 Å². The van der Waals surface area contributed by atoms with Gasteiger partial charge in [0.1, 0.15) is 0 Å². The van der Waals surface area contributed by atoms with Gasteiger partial charge >= 0.3 is 0 Å². The van der Waals surface area contributed by atoms with E-state index in [0.717, 1.165) is 25.9 Å². The number of ether oxygens (including phenoxy) is 2. The Hall–Kier alpha value is -0.120. The molecule has 2 aliphatic rings. The fraction of sp³-hybridized carbons (Fsp3) is 1.00. The summed E-state index contributed by atoms with van der Waals surface area (Å²) in [7, 11) is 1.80. The van der Waals surface area contributed by atoms with Crippen molar-refractivity contribution in [3.63, 3.8) is 0 Å². The van der Waals surface area contributed by atoms with Crippen LogP contribution >= 0.6 is 0 Å². The third-order valence-corrected chi connectivity index (χ3v) is 4.35. The van der Waals surface area contributed by atoms with Crippen molar-refractivity contribution >= 4 is 0 Å². The third-order valence-electron chi connectivity index (χ3n) is 4.35. The molecule has 0 amide bonds. The topological polar surface area (TPSA) is 44.5 Å². The molecule has 0 aromatic rings. The number of nitrogens with two attached hydrogens (primary N) is 1. The van der Waals surface area contributed by atoms with Gasteiger partial charge in [-0.3, -0.25) is 0 Å². The van der Waals surface area contributed by atoms with Gasteiger partial charge in [-0.2, -0.15) is 0 Å². The maximum absolute atomic E-state index is 6.24. The van der Waals surface area contributed by atoms with Crippen molar-refractivity contribution in [1.82, 2.24) is 0 Å². The van der Waals surface area contributed by atoms with Crippen molar-refractivity contribution < 1.29 is 9.47 Å². The average Bonchev–Trinajstić information content (AvgIpc) is 2.70. The molecule has 1 saturated carbocycles. The average molecular weight is 227 g/mol. The standard InChI is InChI=1S/C13H25NO2/c1-15-13(8-4-9-13)12(14)7-2-5-11-6-3-10-16-11/h11-12H,2-10,14H2,1H3. The lowest BCUT2D eigenvalue weighted by Gasteiger charge is -2.45. The second-order valence-electron chi connectivity index (χ2n) is 5.29. The van der Waals surface area contributed by atoms with E-state index in [1.807, 2.05) is 0 Å². The minimum atomic E-state index is 0.0104. The van der Waals surface area contributed by atoms with Crippen molar-refractivity contribution in [2.24, 2.45) is 5.73 Å². The molecule has 3 heteroatoms. The second kappa shape index (κ2) is 5.48. The minimum Gasteiger partial charge on any atom is -0.378 e. The highest BCUT2D eigenvalue weighted by atomic mass is 16.5. The van der Waals surface area contributed by atoms with Crippen LogP contribution in [0.2, 0.25) is 0 Å². The SMILES string of the molecule is COC1(C(N)CCCC2CCCO2)CCC1. The molecule has 2 rings (SSSR count). The Kier molecular flexibility index (Phi) is 4.22. The zero-order valence-corrected chi connectivity index (χ0v) is 10.4. The zero-order chi connectivity index (χ0) is 11.4. The second-order valence-corrected chi connectivity index (χ2v) is 5.29. The number of methoxy groups -OCH3 is 1. The van der Waals surface area contributed by atoms with Gasteiger partial charge in [0.25, 0.3) is 0 Å². The Bertz CT molecular complexity index is 204. The summed E-state index contributed by atoms with van der Waals surface area (Å²) < 4.78 is 11.2. The maximum atomic E-state index is 6.24. The van der Waals surface area contributed by atoms with E-state index in [0.29, 0.717) is 6.10 Å². The first-order valence-corrected chi connectivity index (χ1v) is 6.69. The molecule has 16 heavy (non-hydrogen) atoms. The molecular weight excluding hydrogens is 202 g/mol. The lowest BCUT2D eigenvalue weighted by molar-refractivity contribution is -0.0920. The summed E-state index contributed by atoms with van der Waals surface area (Å²) in [6.07, 6.45) is 9.97. The van der Waals surface area contributed by atoms with Gasteiger partial charge in [0.15, 0.2) is 0 Å². The van der Waals surface area contributed by atoms with Crippen molar-refractivity contribution in [1.29, 1.82) is 0 Å². The highest BCUT2D eigenvalue weighted by Gasteiger charge is 2.42. The van der Waals surface area contributed by atoms with Crippen LogP contribution in [0.3, 0.4) is 0 Å². The molecule has 2 atom stereocenters. The predicted octanol–water partition coefficient (Wildman–Crippen LogP) is 2.23. The lowest BCUT2D eigenvalue weighted by Crippen LogP contribution is -2.54. The van der Waals surface area contributed by atoms with Crippen LogP contribution < -0.4 is 5.73 Å². The number of rotatable bonds is 6. The maximum Gasteiger partial charge on any atom is 0.0828 e. The molecule has 94 valence electrons. The molecule has 0 aromatic carbocycles. The Balaban J connectivity index is 1.64. The van der Waals surface area contributed by atoms with E-state index >= 15 is 0 Å². The molecular formula is C13H25NO2. The minimum absolute atomic E-state index is 0.0104. The Morgan fingerprint density at radius 1 is 1.44 bits per heavy atom. The highest BCUT2D eigenvalue weighted by molar-refractivity contribution is 4.98. The number of hydrogen-bond acceptors (Lipinski definition) is 3. The molecule has 1 aliphatic carbocycles. The largest absolute Gasteiger partial charge is 0.378 e. The summed E-state index contributed by atoms with van der Waals surface area (Å²) in [5.41, 5.74) is 6.25. The van der Waals surface area contributed by atoms with E-state index < -0.39 is 0 Å². The van der Waals surface area contributed by atoms with E-state index in [1.165, 1.54) is 32.1 Å². The molecule has 0 bridgehead atoms. The Morgan fingerprint density at radius 2 is 2.25 bits per heavy atom. The van der Waals surface area contributed by atoms with Gasteiger partial charge in [-0.05, 0) is 51.4 Å². The zero-order valence-electron chi connectivity index (χ0n) is 10.4. The first-order chi connectivity index (χ1) is 7.77. The predicted molar refractivity (Wildman–Crippen MR) is 64.4 cm³/mol. The van der Waals surface area contributed by atoms with Crippen LogP contribution in [-0.2, 0) is 9.47 Å². The fourth-order valence-corrected chi connectivity index (χ4v) is 2.95. The third kappa shape index (κ3) is 2.58. The normalized spacial score (nSPS) is 30.0. The molecule has 0 radical (unpaired) electrons. The van der Waals surface area contributed by atoms with E-state index in [9.17, 15) is 0 Å². The van der Waals surface area contributed by atoms with E-state index in [1.54, 1.807) is 7.11 Å². The molecule has 2 N–H and O–H groups in total. The molecule has 1 saturated heterocycles. The van der Waals surface area contributed by atoms with Crippen molar-refractivity contribution in [2.45, 2.75) is 69.1 Å². The lowest BCUT2D eigenvalue weighted by atomic mass is 9.73. The van der Waals surface area contributed by atoms with Crippen molar-refractivity contribution in [2.75, 3.05) is 13.7 Å². The van der Waals surface area contributed by atoms with E-state index in [-0.39, 0.29) is 11.6 Å². The van der Waals surface area contributed by atoms with E-state index in [4.69, 9.17) is 15.2 Å². The van der Waals surface area contributed by atoms with Crippen molar-refractivity contribution in [3.05, 3.63) is 0 Å². The summed E-state index contributed by atoms with van der Waals surface area (Å²) in [6.45, 7) is 0.957. The molecule has 0 spiro atoms. The van der Waals surface area contributed by atoms with Gasteiger partial charge < -0.3 is 15.2 Å². The van der Waals surface area contributed by atoms with Gasteiger partial charge in [-0.15, -0.1) is 0 Å². The molecule has 2 unspecified atom stereocenters. The van der Waals surface area contributed by atoms with Crippen LogP contribution in [0.1, 0.15) is 51.4 Å². The monoisotopic (exact) mass is 227 g/mol. The molecule has 2 fully saturated rings. The van der Waals surface area contributed by atoms with E-state index in [2.05, 4.69) is 0 Å². The smallest absolute Gasteiger partial charge is 0.0828 e. The first kappa shape index (κ1) is 12.3. The Labute approximate surface area is 98.7 Å². The van der Waals surface area contributed by atoms with Gasteiger partial charge in [0.2, 0.25) is 0 Å².